The second-order valence-corrected chi connectivity index (χ2v) is 7.84. The molecule has 28 heavy (non-hydrogen) atoms. The maximum atomic E-state index is 12.1. The van der Waals surface area contributed by atoms with Gasteiger partial charge in [0.1, 0.15) is 11.5 Å². The molecule has 0 aliphatic carbocycles. The Balaban J connectivity index is 1.93. The summed E-state index contributed by atoms with van der Waals surface area (Å²) in [5, 5.41) is 0.244. The van der Waals surface area contributed by atoms with E-state index in [0.717, 1.165) is 46.7 Å². The van der Waals surface area contributed by atoms with E-state index >= 15 is 0 Å². The Morgan fingerprint density at radius 3 is 2.79 bits per heavy atom. The lowest BCUT2D eigenvalue weighted by Gasteiger charge is -2.08. The Labute approximate surface area is 172 Å². The highest BCUT2D eigenvalue weighted by Crippen LogP contribution is 2.32. The number of carbonyl (C=O) groups excluding carboxylic acids is 2. The molecule has 0 fully saturated rings. The first-order valence-electron chi connectivity index (χ1n) is 9.05. The van der Waals surface area contributed by atoms with Crippen LogP contribution in [0, 0.1) is 0 Å². The van der Waals surface area contributed by atoms with Gasteiger partial charge in [-0.15, -0.1) is 11.3 Å². The lowest BCUT2D eigenvalue weighted by atomic mass is 10.1. The van der Waals surface area contributed by atoms with Crippen molar-refractivity contribution in [3.63, 3.8) is 0 Å². The summed E-state index contributed by atoms with van der Waals surface area (Å²) < 4.78 is 6.77. The van der Waals surface area contributed by atoms with Crippen molar-refractivity contribution >= 4 is 35.2 Å². The number of unbranched alkanes of at least 4 members (excludes halogenated alkanes) is 1. The summed E-state index contributed by atoms with van der Waals surface area (Å²) in [5.41, 5.74) is 1.76. The predicted octanol–water partition coefficient (Wildman–Crippen LogP) is 5.26. The molecule has 3 rings (SSSR count). The molecule has 0 bridgehead atoms. The number of hydrogen-bond donors (Lipinski definition) is 0. The number of carbonyl (C=O) groups is 2. The SMILES string of the molecule is CCCCc1nc(Cl)c(C=O)n1Cc1ccc(-c2ccccc2C(=O)OC)s1. The molecule has 2 heterocycles. The molecule has 0 amide bonds. The highest BCUT2D eigenvalue weighted by Gasteiger charge is 2.18. The summed E-state index contributed by atoms with van der Waals surface area (Å²) in [5.74, 6) is 0.455. The summed E-state index contributed by atoms with van der Waals surface area (Å²) >= 11 is 7.73. The second-order valence-electron chi connectivity index (χ2n) is 6.31. The highest BCUT2D eigenvalue weighted by atomic mass is 35.5. The number of methoxy groups -OCH3 is 1. The molecule has 0 N–H and O–H groups in total. The van der Waals surface area contributed by atoms with E-state index < -0.39 is 0 Å². The fourth-order valence-electron chi connectivity index (χ4n) is 3.05. The molecule has 0 saturated carbocycles. The van der Waals surface area contributed by atoms with Gasteiger partial charge >= 0.3 is 5.97 Å². The first-order valence-corrected chi connectivity index (χ1v) is 10.2. The van der Waals surface area contributed by atoms with Gasteiger partial charge in [0.25, 0.3) is 0 Å². The first kappa shape index (κ1) is 20.3. The van der Waals surface area contributed by atoms with Crippen LogP contribution in [0.1, 0.15) is 51.3 Å². The monoisotopic (exact) mass is 416 g/mol. The van der Waals surface area contributed by atoms with Crippen LogP contribution in [0.25, 0.3) is 10.4 Å². The van der Waals surface area contributed by atoms with Gasteiger partial charge in [0.15, 0.2) is 11.4 Å². The van der Waals surface area contributed by atoms with Crippen LogP contribution in [0.15, 0.2) is 36.4 Å². The topological polar surface area (TPSA) is 61.2 Å². The van der Waals surface area contributed by atoms with Crippen LogP contribution in [-0.4, -0.2) is 28.9 Å². The number of hydrogen-bond acceptors (Lipinski definition) is 5. The van der Waals surface area contributed by atoms with Gasteiger partial charge in [0, 0.05) is 21.7 Å². The number of aldehydes is 1. The molecular weight excluding hydrogens is 396 g/mol. The third-order valence-electron chi connectivity index (χ3n) is 4.48. The van der Waals surface area contributed by atoms with Crippen molar-refractivity contribution < 1.29 is 14.3 Å². The first-order chi connectivity index (χ1) is 13.6. The number of halogens is 1. The van der Waals surface area contributed by atoms with Crippen LogP contribution in [0.5, 0.6) is 0 Å². The van der Waals surface area contributed by atoms with E-state index in [2.05, 4.69) is 11.9 Å². The third kappa shape index (κ3) is 4.18. The molecule has 3 aromatic rings. The van der Waals surface area contributed by atoms with E-state index in [0.29, 0.717) is 17.8 Å². The van der Waals surface area contributed by atoms with E-state index in [4.69, 9.17) is 16.3 Å². The van der Waals surface area contributed by atoms with Gasteiger partial charge in [-0.1, -0.05) is 43.1 Å². The minimum atomic E-state index is -0.364. The van der Waals surface area contributed by atoms with Crippen LogP contribution in [0.3, 0.4) is 0 Å². The molecule has 146 valence electrons. The molecule has 2 aromatic heterocycles. The summed E-state index contributed by atoms with van der Waals surface area (Å²) in [6.45, 7) is 2.62. The maximum Gasteiger partial charge on any atom is 0.338 e. The quantitative estimate of drug-likeness (QED) is 0.371. The Morgan fingerprint density at radius 1 is 1.29 bits per heavy atom. The van der Waals surface area contributed by atoms with Gasteiger partial charge in [0.2, 0.25) is 0 Å². The van der Waals surface area contributed by atoms with Gasteiger partial charge in [0.05, 0.1) is 19.2 Å². The molecule has 0 aliphatic heterocycles. The fraction of sp³-hybridized carbons (Fsp3) is 0.286. The Morgan fingerprint density at radius 2 is 2.07 bits per heavy atom. The van der Waals surface area contributed by atoms with Crippen molar-refractivity contribution in [1.82, 2.24) is 9.55 Å². The Kier molecular flexibility index (Phi) is 6.65. The number of esters is 1. The van der Waals surface area contributed by atoms with Gasteiger partial charge in [-0.25, -0.2) is 9.78 Å². The van der Waals surface area contributed by atoms with Crippen molar-refractivity contribution in [2.75, 3.05) is 7.11 Å². The Hall–Kier alpha value is -2.44. The number of nitrogens with zero attached hydrogens (tertiary/aromatic N) is 2. The number of thiophene rings is 1. The molecule has 0 aliphatic rings. The largest absolute Gasteiger partial charge is 0.465 e. The molecule has 1 aromatic carbocycles. The Bertz CT molecular complexity index is 993. The van der Waals surface area contributed by atoms with Gasteiger partial charge in [-0.05, 0) is 24.6 Å². The zero-order valence-corrected chi connectivity index (χ0v) is 17.3. The minimum absolute atomic E-state index is 0.244. The molecule has 7 heteroatoms. The normalized spacial score (nSPS) is 10.8. The summed E-state index contributed by atoms with van der Waals surface area (Å²) in [4.78, 5) is 29.9. The van der Waals surface area contributed by atoms with Crippen LogP contribution in [0.4, 0.5) is 0 Å². The van der Waals surface area contributed by atoms with E-state index in [9.17, 15) is 9.59 Å². The summed E-state index contributed by atoms with van der Waals surface area (Å²) in [7, 11) is 1.38. The zero-order valence-electron chi connectivity index (χ0n) is 15.8. The van der Waals surface area contributed by atoms with Gasteiger partial charge < -0.3 is 9.30 Å². The molecule has 0 radical (unpaired) electrons. The molecular formula is C21H21ClN2O3S. The minimum Gasteiger partial charge on any atom is -0.465 e. The molecule has 0 spiro atoms. The van der Waals surface area contributed by atoms with Crippen LogP contribution < -0.4 is 0 Å². The third-order valence-corrected chi connectivity index (χ3v) is 5.86. The highest BCUT2D eigenvalue weighted by molar-refractivity contribution is 7.15. The number of aromatic nitrogens is 2. The standard InChI is InChI=1S/C21H21ClN2O3S/c1-3-4-9-19-23-20(22)17(13-25)24(19)12-14-10-11-18(28-14)15-7-5-6-8-16(15)21(26)27-2/h5-8,10-11,13H,3-4,9,12H2,1-2H3. The molecule has 0 saturated heterocycles. The van der Waals surface area contributed by atoms with Crippen molar-refractivity contribution in [2.24, 2.45) is 0 Å². The van der Waals surface area contributed by atoms with Crippen LogP contribution in [0.2, 0.25) is 5.15 Å². The average molecular weight is 417 g/mol. The van der Waals surface area contributed by atoms with Crippen molar-refractivity contribution in [2.45, 2.75) is 32.7 Å². The van der Waals surface area contributed by atoms with E-state index in [-0.39, 0.29) is 11.1 Å². The fourth-order valence-corrected chi connectivity index (χ4v) is 4.33. The number of ether oxygens (including phenoxy) is 1. The molecule has 0 unspecified atom stereocenters. The smallest absolute Gasteiger partial charge is 0.338 e. The maximum absolute atomic E-state index is 12.1. The van der Waals surface area contributed by atoms with Crippen molar-refractivity contribution in [1.29, 1.82) is 0 Å². The number of rotatable bonds is 8. The second kappa shape index (κ2) is 9.17. The summed E-state index contributed by atoms with van der Waals surface area (Å²) in [6, 6.07) is 11.3. The molecule has 5 nitrogen and oxygen atoms in total. The van der Waals surface area contributed by atoms with E-state index in [1.807, 2.05) is 34.9 Å². The lowest BCUT2D eigenvalue weighted by molar-refractivity contribution is 0.0601. The van der Waals surface area contributed by atoms with E-state index in [1.165, 1.54) is 7.11 Å². The number of imidazole rings is 1. The van der Waals surface area contributed by atoms with E-state index in [1.54, 1.807) is 17.4 Å². The predicted molar refractivity (Wildman–Crippen MR) is 111 cm³/mol. The lowest BCUT2D eigenvalue weighted by Crippen LogP contribution is -2.07. The number of aryl methyl sites for hydroxylation is 1. The van der Waals surface area contributed by atoms with Gasteiger partial charge in [-0.3, -0.25) is 4.79 Å². The zero-order chi connectivity index (χ0) is 20.1. The van der Waals surface area contributed by atoms with Gasteiger partial charge in [-0.2, -0.15) is 0 Å². The van der Waals surface area contributed by atoms with Crippen molar-refractivity contribution in [3.05, 3.63) is 63.5 Å². The van der Waals surface area contributed by atoms with Crippen molar-refractivity contribution in [3.8, 4) is 10.4 Å². The summed E-state index contributed by atoms with van der Waals surface area (Å²) in [6.07, 6.45) is 3.54. The van der Waals surface area contributed by atoms with Crippen LogP contribution in [-0.2, 0) is 17.7 Å². The van der Waals surface area contributed by atoms with Crippen LogP contribution >= 0.6 is 22.9 Å². The molecule has 0 atom stereocenters. The number of benzene rings is 1. The average Bonchev–Trinajstić information content (AvgIpc) is 3.30.